The second-order valence-electron chi connectivity index (χ2n) is 10.2. The van der Waals surface area contributed by atoms with Crippen LogP contribution < -0.4 is 25.4 Å². The van der Waals surface area contributed by atoms with Gasteiger partial charge in [-0.15, -0.1) is 0 Å². The summed E-state index contributed by atoms with van der Waals surface area (Å²) in [4.78, 5) is 16.9. The number of aromatic nitrogens is 2. The number of carbonyl (C=O) groups is 1. The smallest absolute Gasteiger partial charge is 0.342 e. The summed E-state index contributed by atoms with van der Waals surface area (Å²) in [5.41, 5.74) is 2.12. The molecule has 6 rings (SSSR count). The van der Waals surface area contributed by atoms with Crippen LogP contribution in [0.25, 0.3) is 11.0 Å². The zero-order valence-corrected chi connectivity index (χ0v) is 23.4. The molecule has 0 radical (unpaired) electrons. The third-order valence-electron chi connectivity index (χ3n) is 7.18. The SMILES string of the molecule is Cn1c(C(F)(F)C2Nc3cc(F)c(OCc4ccccc4)cc3N2)nc2ccc(C(=O)NCCOc3ccc(F)cc3)cc21. The van der Waals surface area contributed by atoms with Crippen molar-refractivity contribution < 1.29 is 31.8 Å². The van der Waals surface area contributed by atoms with Gasteiger partial charge in [-0.2, -0.15) is 8.78 Å². The molecule has 44 heavy (non-hydrogen) atoms. The number of fused-ring (bicyclic) bond motifs is 2. The average Bonchev–Trinajstić information content (AvgIpc) is 3.60. The van der Waals surface area contributed by atoms with Gasteiger partial charge in [0.25, 0.3) is 5.91 Å². The van der Waals surface area contributed by atoms with E-state index in [-0.39, 0.29) is 53.8 Å². The zero-order valence-electron chi connectivity index (χ0n) is 23.4. The highest BCUT2D eigenvalue weighted by molar-refractivity contribution is 5.97. The molecule has 1 unspecified atom stereocenters. The van der Waals surface area contributed by atoms with Crippen LogP contribution in [0.1, 0.15) is 21.7 Å². The third-order valence-corrected chi connectivity index (χ3v) is 7.18. The van der Waals surface area contributed by atoms with Crippen LogP contribution in [-0.2, 0) is 19.6 Å². The summed E-state index contributed by atoms with van der Waals surface area (Å²) in [6.07, 6.45) is -1.62. The number of aryl methyl sites for hydroxylation is 1. The van der Waals surface area contributed by atoms with E-state index in [9.17, 15) is 13.6 Å². The molecule has 226 valence electrons. The predicted octanol–water partition coefficient (Wildman–Crippen LogP) is 6.19. The number of carbonyl (C=O) groups excluding carboxylic acids is 1. The molecule has 1 amide bonds. The van der Waals surface area contributed by atoms with Gasteiger partial charge in [0.05, 0.1) is 29.0 Å². The van der Waals surface area contributed by atoms with Crippen LogP contribution in [-0.4, -0.2) is 34.8 Å². The topological polar surface area (TPSA) is 89.4 Å². The van der Waals surface area contributed by atoms with E-state index in [1.54, 1.807) is 0 Å². The Morgan fingerprint density at radius 2 is 1.68 bits per heavy atom. The lowest BCUT2D eigenvalue weighted by Crippen LogP contribution is -2.41. The van der Waals surface area contributed by atoms with Crippen LogP contribution in [0.4, 0.5) is 28.9 Å². The average molecular weight is 606 g/mol. The molecular weight excluding hydrogens is 578 g/mol. The Morgan fingerprint density at radius 3 is 2.43 bits per heavy atom. The van der Waals surface area contributed by atoms with Crippen LogP contribution >= 0.6 is 0 Å². The molecule has 0 aliphatic carbocycles. The number of halogens is 4. The first-order valence-corrected chi connectivity index (χ1v) is 13.7. The zero-order chi connectivity index (χ0) is 30.8. The van der Waals surface area contributed by atoms with E-state index in [0.717, 1.165) is 11.6 Å². The summed E-state index contributed by atoms with van der Waals surface area (Å²) >= 11 is 0. The highest BCUT2D eigenvalue weighted by Gasteiger charge is 2.48. The van der Waals surface area contributed by atoms with Crippen molar-refractivity contribution in [2.45, 2.75) is 18.7 Å². The number of anilines is 2. The van der Waals surface area contributed by atoms with Crippen LogP contribution in [0.3, 0.4) is 0 Å². The van der Waals surface area contributed by atoms with Crippen molar-refractivity contribution in [2.24, 2.45) is 7.05 Å². The van der Waals surface area contributed by atoms with Crippen LogP contribution in [0, 0.1) is 11.6 Å². The van der Waals surface area contributed by atoms with Gasteiger partial charge in [0, 0.05) is 24.7 Å². The van der Waals surface area contributed by atoms with Gasteiger partial charge in [-0.05, 0) is 48.0 Å². The van der Waals surface area contributed by atoms with E-state index in [0.29, 0.717) is 11.3 Å². The lowest BCUT2D eigenvalue weighted by molar-refractivity contribution is -0.0263. The quantitative estimate of drug-likeness (QED) is 0.130. The number of imidazole rings is 1. The van der Waals surface area contributed by atoms with Gasteiger partial charge in [-0.25, -0.2) is 13.8 Å². The Bertz CT molecular complexity index is 1810. The van der Waals surface area contributed by atoms with E-state index < -0.39 is 29.6 Å². The number of ether oxygens (including phenoxy) is 2. The van der Waals surface area contributed by atoms with E-state index >= 15 is 8.78 Å². The lowest BCUT2D eigenvalue weighted by Gasteiger charge is -2.23. The van der Waals surface area contributed by atoms with Crippen molar-refractivity contribution in [1.82, 2.24) is 14.9 Å². The van der Waals surface area contributed by atoms with Gasteiger partial charge in [0.1, 0.15) is 24.8 Å². The normalized spacial score (nSPS) is 14.1. The molecule has 2 heterocycles. The minimum atomic E-state index is -3.55. The maximum atomic E-state index is 15.9. The molecule has 8 nitrogen and oxygen atoms in total. The largest absolute Gasteiger partial charge is 0.492 e. The summed E-state index contributed by atoms with van der Waals surface area (Å²) in [6.45, 7) is 0.436. The fourth-order valence-electron chi connectivity index (χ4n) is 4.89. The molecule has 5 aromatic rings. The first-order valence-electron chi connectivity index (χ1n) is 13.7. The van der Waals surface area contributed by atoms with E-state index in [1.165, 1.54) is 60.1 Å². The summed E-state index contributed by atoms with van der Waals surface area (Å²) in [6, 6.07) is 21.6. The summed E-state index contributed by atoms with van der Waals surface area (Å²) in [5.74, 6) is -5.19. The molecule has 1 aromatic heterocycles. The highest BCUT2D eigenvalue weighted by atomic mass is 19.3. The number of alkyl halides is 2. The van der Waals surface area contributed by atoms with Gasteiger partial charge >= 0.3 is 5.92 Å². The van der Waals surface area contributed by atoms with Crippen molar-refractivity contribution >= 4 is 28.3 Å². The Balaban J connectivity index is 1.13. The van der Waals surface area contributed by atoms with Gasteiger partial charge in [-0.1, -0.05) is 30.3 Å². The highest BCUT2D eigenvalue weighted by Crippen LogP contribution is 2.42. The molecule has 0 saturated heterocycles. The number of nitrogens with zero attached hydrogens (tertiary/aromatic N) is 2. The van der Waals surface area contributed by atoms with Crippen molar-refractivity contribution in [3.05, 3.63) is 114 Å². The molecule has 1 aliphatic rings. The van der Waals surface area contributed by atoms with E-state index in [4.69, 9.17) is 9.47 Å². The molecule has 4 aromatic carbocycles. The minimum Gasteiger partial charge on any atom is -0.492 e. The Morgan fingerprint density at radius 1 is 0.955 bits per heavy atom. The van der Waals surface area contributed by atoms with E-state index in [1.807, 2.05) is 30.3 Å². The van der Waals surface area contributed by atoms with Gasteiger partial charge in [0.15, 0.2) is 23.6 Å². The van der Waals surface area contributed by atoms with Crippen molar-refractivity contribution in [3.63, 3.8) is 0 Å². The monoisotopic (exact) mass is 605 g/mol. The third kappa shape index (κ3) is 5.83. The first kappa shape index (κ1) is 28.8. The summed E-state index contributed by atoms with van der Waals surface area (Å²) in [7, 11) is 1.44. The minimum absolute atomic E-state index is 0.0681. The lowest BCUT2D eigenvalue weighted by atomic mass is 10.2. The standard InChI is InChI=1S/C32H27F4N5O3/c1-41-27-15-20(29(42)37-13-14-43-22-10-8-21(33)9-11-22)7-12-24(27)40-31(41)32(35,36)30-38-25-16-23(34)28(17-26(25)39-30)44-18-19-5-3-2-4-6-19/h2-12,15-17,30,38-39H,13-14,18H2,1H3,(H,37,42). The van der Waals surface area contributed by atoms with Crippen molar-refractivity contribution in [3.8, 4) is 11.5 Å². The number of hydrogen-bond donors (Lipinski definition) is 3. The maximum absolute atomic E-state index is 15.9. The van der Waals surface area contributed by atoms with Crippen molar-refractivity contribution in [1.29, 1.82) is 0 Å². The maximum Gasteiger partial charge on any atom is 0.342 e. The molecule has 1 aliphatic heterocycles. The van der Waals surface area contributed by atoms with Crippen molar-refractivity contribution in [2.75, 3.05) is 23.8 Å². The Kier molecular flexibility index (Phi) is 7.73. The summed E-state index contributed by atoms with van der Waals surface area (Å²) < 4.78 is 71.8. The van der Waals surface area contributed by atoms with E-state index in [2.05, 4.69) is 20.9 Å². The fourth-order valence-corrected chi connectivity index (χ4v) is 4.89. The molecule has 12 heteroatoms. The molecule has 0 bridgehead atoms. The summed E-state index contributed by atoms with van der Waals surface area (Å²) in [5, 5.41) is 8.09. The Labute approximate surface area is 249 Å². The molecule has 3 N–H and O–H groups in total. The number of rotatable bonds is 10. The first-order chi connectivity index (χ1) is 21.2. The Hall–Kier alpha value is -5.26. The molecule has 0 fully saturated rings. The van der Waals surface area contributed by atoms with Crippen LogP contribution in [0.15, 0.2) is 84.9 Å². The number of nitrogens with one attached hydrogen (secondary N) is 3. The van der Waals surface area contributed by atoms with Gasteiger partial charge in [0.2, 0.25) is 0 Å². The second kappa shape index (κ2) is 11.8. The number of benzene rings is 4. The molecule has 0 saturated carbocycles. The number of amides is 1. The van der Waals surface area contributed by atoms with Crippen LogP contribution in [0.5, 0.6) is 11.5 Å². The molecular formula is C32H27F4N5O3. The molecule has 1 atom stereocenters. The van der Waals surface area contributed by atoms with Gasteiger partial charge < -0.3 is 30.0 Å². The second-order valence-corrected chi connectivity index (χ2v) is 10.2. The van der Waals surface area contributed by atoms with Gasteiger partial charge in [-0.3, -0.25) is 4.79 Å². The number of hydrogen-bond acceptors (Lipinski definition) is 6. The predicted molar refractivity (Wildman–Crippen MR) is 157 cm³/mol. The fraction of sp³-hybridized carbons (Fsp3) is 0.188. The van der Waals surface area contributed by atoms with Crippen LogP contribution in [0.2, 0.25) is 0 Å². The molecule has 0 spiro atoms.